The van der Waals surface area contributed by atoms with Gasteiger partial charge in [-0.3, -0.25) is 4.79 Å². The van der Waals surface area contributed by atoms with Crippen molar-refractivity contribution >= 4 is 57.3 Å². The average molecular weight is 495 g/mol. The molecule has 1 N–H and O–H groups in total. The van der Waals surface area contributed by atoms with E-state index in [1.807, 2.05) is 12.1 Å². The molecule has 0 saturated heterocycles. The van der Waals surface area contributed by atoms with Gasteiger partial charge in [0.2, 0.25) is 0 Å². The van der Waals surface area contributed by atoms with Crippen LogP contribution >= 0.6 is 45.2 Å². The lowest BCUT2D eigenvalue weighted by Gasteiger charge is -2.09. The van der Waals surface area contributed by atoms with Crippen LogP contribution in [0.25, 0.3) is 0 Å². The van der Waals surface area contributed by atoms with Gasteiger partial charge in [0.1, 0.15) is 18.8 Å². The van der Waals surface area contributed by atoms with Crippen molar-refractivity contribution in [3.63, 3.8) is 0 Å². The fourth-order valence-electron chi connectivity index (χ4n) is 1.22. The number of halogens is 2. The fraction of sp³-hybridized carbons (Fsp3) is 0.154. The van der Waals surface area contributed by atoms with E-state index in [-0.39, 0.29) is 6.42 Å². The molecule has 7 heteroatoms. The number of nitrogens with zero attached hydrogens (tertiary/aromatic N) is 2. The standard InChI is InChI=1S/C13H11I2N3O2/c1-2-5-20-13-10(14)6-9(7-11(13)15)8-17-18-12(19)3-4-16/h2,6-8H,1,3,5H2,(H,18,19)/b17-8-. The van der Waals surface area contributed by atoms with Gasteiger partial charge in [0.05, 0.1) is 19.4 Å². The summed E-state index contributed by atoms with van der Waals surface area (Å²) in [6.07, 6.45) is 3.00. The molecule has 20 heavy (non-hydrogen) atoms. The van der Waals surface area contributed by atoms with Gasteiger partial charge >= 0.3 is 0 Å². The van der Waals surface area contributed by atoms with Crippen molar-refractivity contribution in [2.75, 3.05) is 6.61 Å². The molecule has 104 valence electrons. The molecule has 0 atom stereocenters. The van der Waals surface area contributed by atoms with E-state index < -0.39 is 5.91 Å². The Morgan fingerprint density at radius 1 is 1.50 bits per heavy atom. The van der Waals surface area contributed by atoms with Gasteiger partial charge in [-0.15, -0.1) is 0 Å². The van der Waals surface area contributed by atoms with Crippen LogP contribution in [-0.4, -0.2) is 18.7 Å². The van der Waals surface area contributed by atoms with E-state index in [4.69, 9.17) is 10.00 Å². The topological polar surface area (TPSA) is 74.5 Å². The zero-order valence-electron chi connectivity index (χ0n) is 10.4. The van der Waals surface area contributed by atoms with Gasteiger partial charge < -0.3 is 4.74 Å². The molecule has 0 heterocycles. The minimum Gasteiger partial charge on any atom is -0.487 e. The van der Waals surface area contributed by atoms with Crippen molar-refractivity contribution < 1.29 is 9.53 Å². The molecule has 1 amide bonds. The molecular formula is C13H11I2N3O2. The third-order valence-electron chi connectivity index (χ3n) is 2.01. The first kappa shape index (κ1) is 16.9. The van der Waals surface area contributed by atoms with Crippen LogP contribution in [0, 0.1) is 18.5 Å². The summed E-state index contributed by atoms with van der Waals surface area (Å²) in [5.41, 5.74) is 3.11. The molecule has 0 unspecified atom stereocenters. The average Bonchev–Trinajstić information content (AvgIpc) is 2.38. The molecule has 1 aromatic rings. The molecule has 0 aliphatic carbocycles. The van der Waals surface area contributed by atoms with Crippen LogP contribution in [0.1, 0.15) is 12.0 Å². The maximum atomic E-state index is 11.1. The highest BCUT2D eigenvalue weighted by molar-refractivity contribution is 14.1. The summed E-state index contributed by atoms with van der Waals surface area (Å²) in [6.45, 7) is 4.06. The van der Waals surface area contributed by atoms with E-state index in [0.717, 1.165) is 18.5 Å². The number of nitrogens with one attached hydrogen (secondary N) is 1. The predicted octanol–water partition coefficient (Wildman–Crippen LogP) is 2.82. The number of hydrogen-bond donors (Lipinski definition) is 1. The number of hydrazone groups is 1. The first-order chi connectivity index (χ1) is 9.58. The lowest BCUT2D eigenvalue weighted by Crippen LogP contribution is -2.16. The normalized spacial score (nSPS) is 10.1. The highest BCUT2D eigenvalue weighted by Gasteiger charge is 2.07. The van der Waals surface area contributed by atoms with Gasteiger partial charge in [-0.25, -0.2) is 5.43 Å². The van der Waals surface area contributed by atoms with Crippen molar-refractivity contribution in [2.24, 2.45) is 5.10 Å². The van der Waals surface area contributed by atoms with Gasteiger partial charge in [-0.05, 0) is 62.9 Å². The third-order valence-corrected chi connectivity index (χ3v) is 3.61. The molecule has 0 bridgehead atoms. The molecule has 5 nitrogen and oxygen atoms in total. The third kappa shape index (κ3) is 5.46. The number of rotatable bonds is 6. The SMILES string of the molecule is C=CCOc1c(I)cc(/C=N\NC(=O)CC#N)cc1I. The Hall–Kier alpha value is -1.15. The Kier molecular flexibility index (Phi) is 7.53. The molecule has 0 radical (unpaired) electrons. The largest absolute Gasteiger partial charge is 0.487 e. The Labute approximate surface area is 144 Å². The smallest absolute Gasteiger partial charge is 0.254 e. The Bertz CT molecular complexity index is 556. The maximum Gasteiger partial charge on any atom is 0.254 e. The predicted molar refractivity (Wildman–Crippen MR) is 93.5 cm³/mol. The lowest BCUT2D eigenvalue weighted by atomic mass is 10.2. The summed E-state index contributed by atoms with van der Waals surface area (Å²) in [6, 6.07) is 5.53. The second-order valence-electron chi connectivity index (χ2n) is 3.54. The monoisotopic (exact) mass is 495 g/mol. The molecule has 0 aromatic heterocycles. The van der Waals surface area contributed by atoms with E-state index in [2.05, 4.69) is 62.3 Å². The van der Waals surface area contributed by atoms with Crippen LogP contribution in [-0.2, 0) is 4.79 Å². The van der Waals surface area contributed by atoms with E-state index >= 15 is 0 Å². The van der Waals surface area contributed by atoms with Gasteiger partial charge in [0.15, 0.2) is 0 Å². The van der Waals surface area contributed by atoms with E-state index in [9.17, 15) is 4.79 Å². The fourth-order valence-corrected chi connectivity index (χ4v) is 3.35. The van der Waals surface area contributed by atoms with Crippen molar-refractivity contribution in [2.45, 2.75) is 6.42 Å². The van der Waals surface area contributed by atoms with Crippen LogP contribution in [0.2, 0.25) is 0 Å². The van der Waals surface area contributed by atoms with Crippen molar-refractivity contribution in [1.82, 2.24) is 5.43 Å². The molecular weight excluding hydrogens is 484 g/mol. The van der Waals surface area contributed by atoms with Gasteiger partial charge in [0, 0.05) is 0 Å². The molecule has 1 aromatic carbocycles. The van der Waals surface area contributed by atoms with Crippen molar-refractivity contribution in [1.29, 1.82) is 5.26 Å². The maximum absolute atomic E-state index is 11.1. The number of hydrogen-bond acceptors (Lipinski definition) is 4. The molecule has 0 fully saturated rings. The van der Waals surface area contributed by atoms with Crippen LogP contribution in [0.3, 0.4) is 0 Å². The summed E-state index contributed by atoms with van der Waals surface area (Å²) < 4.78 is 7.45. The van der Waals surface area contributed by atoms with Crippen molar-refractivity contribution in [3.8, 4) is 11.8 Å². The van der Waals surface area contributed by atoms with E-state index in [1.165, 1.54) is 6.21 Å². The van der Waals surface area contributed by atoms with Gasteiger partial charge in [0.25, 0.3) is 5.91 Å². The van der Waals surface area contributed by atoms with E-state index in [1.54, 1.807) is 12.1 Å². The molecule has 0 aliphatic rings. The molecule has 0 saturated carbocycles. The minimum absolute atomic E-state index is 0.208. The highest BCUT2D eigenvalue weighted by atomic mass is 127. The van der Waals surface area contributed by atoms with Crippen LogP contribution in [0.15, 0.2) is 29.9 Å². The quantitative estimate of drug-likeness (QED) is 0.286. The summed E-state index contributed by atoms with van der Waals surface area (Å²) in [5.74, 6) is 0.371. The van der Waals surface area contributed by atoms with Gasteiger partial charge in [-0.1, -0.05) is 12.7 Å². The Morgan fingerprint density at radius 3 is 2.70 bits per heavy atom. The zero-order chi connectivity index (χ0) is 15.0. The van der Waals surface area contributed by atoms with Gasteiger partial charge in [-0.2, -0.15) is 10.4 Å². The first-order valence-electron chi connectivity index (χ1n) is 5.50. The van der Waals surface area contributed by atoms with Crippen molar-refractivity contribution in [3.05, 3.63) is 37.5 Å². The lowest BCUT2D eigenvalue weighted by molar-refractivity contribution is -0.120. The minimum atomic E-state index is -0.431. The number of amides is 1. The van der Waals surface area contributed by atoms with Crippen LogP contribution in [0.5, 0.6) is 5.75 Å². The number of benzene rings is 1. The van der Waals surface area contributed by atoms with Crippen LogP contribution in [0.4, 0.5) is 0 Å². The number of nitriles is 1. The second kappa shape index (κ2) is 8.91. The summed E-state index contributed by atoms with van der Waals surface area (Å²) in [5, 5.41) is 12.1. The first-order valence-corrected chi connectivity index (χ1v) is 7.65. The highest BCUT2D eigenvalue weighted by Crippen LogP contribution is 2.28. The Morgan fingerprint density at radius 2 is 2.15 bits per heavy atom. The molecule has 0 spiro atoms. The zero-order valence-corrected chi connectivity index (χ0v) is 14.7. The Balaban J connectivity index is 2.78. The number of ether oxygens (including phenoxy) is 1. The second-order valence-corrected chi connectivity index (χ2v) is 5.87. The number of carbonyl (C=O) groups is 1. The summed E-state index contributed by atoms with van der Waals surface area (Å²) in [4.78, 5) is 11.1. The summed E-state index contributed by atoms with van der Waals surface area (Å²) in [7, 11) is 0. The van der Waals surface area contributed by atoms with E-state index in [0.29, 0.717) is 6.61 Å². The number of carbonyl (C=O) groups excluding carboxylic acids is 1. The summed E-state index contributed by atoms with van der Waals surface area (Å²) >= 11 is 4.35. The van der Waals surface area contributed by atoms with Crippen LogP contribution < -0.4 is 10.2 Å². The molecule has 0 aliphatic heterocycles. The molecule has 1 rings (SSSR count).